The molecular weight excluding hydrogens is 234 g/mol. The molecular formula is C17H27NO. The lowest BCUT2D eigenvalue weighted by molar-refractivity contribution is 0.00820. The van der Waals surface area contributed by atoms with Crippen molar-refractivity contribution in [1.29, 1.82) is 0 Å². The molecule has 0 heterocycles. The Balaban J connectivity index is 1.96. The highest BCUT2D eigenvalue weighted by molar-refractivity contribution is 5.25. The van der Waals surface area contributed by atoms with Gasteiger partial charge in [-0.2, -0.15) is 0 Å². The van der Waals surface area contributed by atoms with Crippen molar-refractivity contribution in [2.75, 3.05) is 6.61 Å². The van der Waals surface area contributed by atoms with E-state index in [1.165, 1.54) is 43.2 Å². The second-order valence-electron chi connectivity index (χ2n) is 6.03. The summed E-state index contributed by atoms with van der Waals surface area (Å²) < 4.78 is 6.16. The van der Waals surface area contributed by atoms with E-state index >= 15 is 0 Å². The van der Waals surface area contributed by atoms with Crippen LogP contribution in [0.3, 0.4) is 0 Å². The first-order valence-electron chi connectivity index (χ1n) is 7.60. The molecule has 2 rings (SSSR count). The van der Waals surface area contributed by atoms with E-state index in [2.05, 4.69) is 31.2 Å². The summed E-state index contributed by atoms with van der Waals surface area (Å²) in [6.07, 6.45) is 6.79. The summed E-state index contributed by atoms with van der Waals surface area (Å²) >= 11 is 0. The zero-order chi connectivity index (χ0) is 13.7. The lowest BCUT2D eigenvalue weighted by atomic mass is 9.90. The van der Waals surface area contributed by atoms with E-state index in [1.807, 2.05) is 6.92 Å². The third-order valence-electron chi connectivity index (χ3n) is 4.08. The van der Waals surface area contributed by atoms with Crippen molar-refractivity contribution in [2.24, 2.45) is 11.7 Å². The molecule has 0 saturated heterocycles. The maximum atomic E-state index is 6.16. The average molecular weight is 261 g/mol. The maximum Gasteiger partial charge on any atom is 0.0973 e. The third kappa shape index (κ3) is 4.32. The average Bonchev–Trinajstić information content (AvgIpc) is 2.40. The van der Waals surface area contributed by atoms with Crippen LogP contribution in [0.2, 0.25) is 0 Å². The van der Waals surface area contributed by atoms with Crippen LogP contribution in [-0.2, 0) is 4.74 Å². The fourth-order valence-corrected chi connectivity index (χ4v) is 2.99. The van der Waals surface area contributed by atoms with Crippen LogP contribution in [0.5, 0.6) is 0 Å². The summed E-state index contributed by atoms with van der Waals surface area (Å²) in [5.74, 6) is 0.736. The third-order valence-corrected chi connectivity index (χ3v) is 4.08. The van der Waals surface area contributed by atoms with E-state index in [9.17, 15) is 0 Å². The van der Waals surface area contributed by atoms with E-state index in [-0.39, 0.29) is 12.1 Å². The first kappa shape index (κ1) is 14.5. The molecule has 2 heteroatoms. The number of benzene rings is 1. The van der Waals surface area contributed by atoms with Gasteiger partial charge in [-0.25, -0.2) is 0 Å². The van der Waals surface area contributed by atoms with Crippen molar-refractivity contribution >= 4 is 0 Å². The van der Waals surface area contributed by atoms with E-state index in [0.717, 1.165) is 12.5 Å². The molecule has 2 N–H and O–H groups in total. The van der Waals surface area contributed by atoms with Crippen LogP contribution in [0.15, 0.2) is 24.3 Å². The Morgan fingerprint density at radius 3 is 2.63 bits per heavy atom. The largest absolute Gasteiger partial charge is 0.372 e. The molecule has 106 valence electrons. The van der Waals surface area contributed by atoms with Gasteiger partial charge in [0.2, 0.25) is 0 Å². The lowest BCUT2D eigenvalue weighted by Gasteiger charge is -2.27. The molecule has 0 bridgehead atoms. The van der Waals surface area contributed by atoms with Crippen LogP contribution in [0.1, 0.15) is 56.3 Å². The molecule has 1 aromatic rings. The van der Waals surface area contributed by atoms with Crippen LogP contribution in [0.25, 0.3) is 0 Å². The summed E-state index contributed by atoms with van der Waals surface area (Å²) in [6.45, 7) is 5.01. The van der Waals surface area contributed by atoms with E-state index < -0.39 is 0 Å². The van der Waals surface area contributed by atoms with Gasteiger partial charge in [-0.1, -0.05) is 49.1 Å². The van der Waals surface area contributed by atoms with Gasteiger partial charge in [-0.3, -0.25) is 0 Å². The standard InChI is InChI=1S/C17H27NO/c1-13-7-6-10-16(11-13)17(14(2)18)19-12-15-8-4-3-5-9-15/h6-7,10-11,14-15,17H,3-5,8-9,12,18H2,1-2H3. The van der Waals surface area contributed by atoms with Gasteiger partial charge in [-0.05, 0) is 38.2 Å². The van der Waals surface area contributed by atoms with Crippen LogP contribution < -0.4 is 5.73 Å². The summed E-state index contributed by atoms with van der Waals surface area (Å²) in [5, 5.41) is 0. The predicted molar refractivity (Wildman–Crippen MR) is 80.1 cm³/mol. The SMILES string of the molecule is Cc1cccc(C(OCC2CCCCC2)C(C)N)c1. The Kier molecular flexibility index (Phi) is 5.41. The monoisotopic (exact) mass is 261 g/mol. The van der Waals surface area contributed by atoms with Crippen LogP contribution in [0, 0.1) is 12.8 Å². The second-order valence-corrected chi connectivity index (χ2v) is 6.03. The Morgan fingerprint density at radius 2 is 2.00 bits per heavy atom. The summed E-state index contributed by atoms with van der Waals surface area (Å²) in [5.41, 5.74) is 8.59. The topological polar surface area (TPSA) is 35.2 Å². The fourth-order valence-electron chi connectivity index (χ4n) is 2.99. The van der Waals surface area contributed by atoms with E-state index in [1.54, 1.807) is 0 Å². The fraction of sp³-hybridized carbons (Fsp3) is 0.647. The normalized spacial score (nSPS) is 20.2. The quantitative estimate of drug-likeness (QED) is 0.870. The Morgan fingerprint density at radius 1 is 1.26 bits per heavy atom. The summed E-state index contributed by atoms with van der Waals surface area (Å²) in [4.78, 5) is 0. The van der Waals surface area contributed by atoms with Gasteiger partial charge in [0.05, 0.1) is 12.7 Å². The Labute approximate surface area is 117 Å². The highest BCUT2D eigenvalue weighted by Gasteiger charge is 2.20. The predicted octanol–water partition coefficient (Wildman–Crippen LogP) is 3.98. The molecule has 0 amide bonds. The minimum Gasteiger partial charge on any atom is -0.372 e. The molecule has 0 aromatic heterocycles. The van der Waals surface area contributed by atoms with Gasteiger partial charge in [0.25, 0.3) is 0 Å². The van der Waals surface area contributed by atoms with E-state index in [4.69, 9.17) is 10.5 Å². The molecule has 2 atom stereocenters. The van der Waals surface area contributed by atoms with Crippen molar-refractivity contribution in [3.05, 3.63) is 35.4 Å². The number of aryl methyl sites for hydroxylation is 1. The molecule has 0 spiro atoms. The van der Waals surface area contributed by atoms with E-state index in [0.29, 0.717) is 0 Å². The number of ether oxygens (including phenoxy) is 1. The van der Waals surface area contributed by atoms with Gasteiger partial charge < -0.3 is 10.5 Å². The van der Waals surface area contributed by atoms with Gasteiger partial charge in [0.15, 0.2) is 0 Å². The molecule has 1 aromatic carbocycles. The smallest absolute Gasteiger partial charge is 0.0973 e. The Bertz CT molecular complexity index is 383. The van der Waals surface area contributed by atoms with Crippen LogP contribution in [0.4, 0.5) is 0 Å². The van der Waals surface area contributed by atoms with Crippen molar-refractivity contribution in [2.45, 2.75) is 58.1 Å². The van der Waals surface area contributed by atoms with Gasteiger partial charge in [-0.15, -0.1) is 0 Å². The number of hydrogen-bond donors (Lipinski definition) is 1. The van der Waals surface area contributed by atoms with Crippen molar-refractivity contribution in [3.8, 4) is 0 Å². The summed E-state index contributed by atoms with van der Waals surface area (Å²) in [7, 11) is 0. The molecule has 1 fully saturated rings. The van der Waals surface area contributed by atoms with Gasteiger partial charge in [0, 0.05) is 6.04 Å². The molecule has 0 aliphatic heterocycles. The van der Waals surface area contributed by atoms with Gasteiger partial charge >= 0.3 is 0 Å². The molecule has 1 aliphatic carbocycles. The van der Waals surface area contributed by atoms with Crippen LogP contribution in [-0.4, -0.2) is 12.6 Å². The molecule has 1 aliphatic rings. The molecule has 1 saturated carbocycles. The second kappa shape index (κ2) is 7.06. The number of nitrogens with two attached hydrogens (primary N) is 1. The highest BCUT2D eigenvalue weighted by atomic mass is 16.5. The first-order chi connectivity index (χ1) is 9.16. The van der Waals surface area contributed by atoms with Crippen LogP contribution >= 0.6 is 0 Å². The molecule has 2 unspecified atom stereocenters. The van der Waals surface area contributed by atoms with Crippen molar-refractivity contribution in [1.82, 2.24) is 0 Å². The highest BCUT2D eigenvalue weighted by Crippen LogP contribution is 2.27. The van der Waals surface area contributed by atoms with Crippen molar-refractivity contribution < 1.29 is 4.74 Å². The molecule has 0 radical (unpaired) electrons. The zero-order valence-corrected chi connectivity index (χ0v) is 12.3. The number of rotatable bonds is 5. The summed E-state index contributed by atoms with van der Waals surface area (Å²) in [6, 6.07) is 8.55. The molecule has 19 heavy (non-hydrogen) atoms. The lowest BCUT2D eigenvalue weighted by Crippen LogP contribution is -2.29. The number of hydrogen-bond acceptors (Lipinski definition) is 2. The first-order valence-corrected chi connectivity index (χ1v) is 7.60. The minimum atomic E-state index is 0.0295. The maximum absolute atomic E-state index is 6.16. The zero-order valence-electron chi connectivity index (χ0n) is 12.3. The Hall–Kier alpha value is -0.860. The van der Waals surface area contributed by atoms with Gasteiger partial charge in [0.1, 0.15) is 0 Å². The molecule has 2 nitrogen and oxygen atoms in total. The van der Waals surface area contributed by atoms with Crippen molar-refractivity contribution in [3.63, 3.8) is 0 Å². The minimum absolute atomic E-state index is 0.0295.